The number of halogens is 2. The molecule has 0 aliphatic rings. The van der Waals surface area contributed by atoms with Gasteiger partial charge in [-0.15, -0.1) is 12.4 Å². The zero-order valence-corrected chi connectivity index (χ0v) is 13.6. The number of aromatic nitrogens is 1. The molecule has 2 unspecified atom stereocenters. The molecule has 5 heteroatoms. The SMILES string of the molecule is CNCC(O)C(c1ccccc1)n1ccc2cc(F)ccc21.Cl. The van der Waals surface area contributed by atoms with E-state index in [-0.39, 0.29) is 24.3 Å². The van der Waals surface area contributed by atoms with Crippen LogP contribution in [-0.4, -0.2) is 29.4 Å². The predicted octanol–water partition coefficient (Wildman–Crippen LogP) is 3.37. The highest BCUT2D eigenvalue weighted by molar-refractivity contribution is 5.85. The van der Waals surface area contributed by atoms with Gasteiger partial charge in [0.15, 0.2) is 0 Å². The number of likely N-dealkylation sites (N-methyl/N-ethyl adjacent to an activating group) is 1. The molecule has 0 saturated heterocycles. The van der Waals surface area contributed by atoms with Gasteiger partial charge < -0.3 is 15.0 Å². The number of hydrogen-bond donors (Lipinski definition) is 2. The van der Waals surface area contributed by atoms with Crippen LogP contribution in [-0.2, 0) is 0 Å². The van der Waals surface area contributed by atoms with E-state index in [1.54, 1.807) is 6.07 Å². The highest BCUT2D eigenvalue weighted by Crippen LogP contribution is 2.28. The summed E-state index contributed by atoms with van der Waals surface area (Å²) in [4.78, 5) is 0. The highest BCUT2D eigenvalue weighted by Gasteiger charge is 2.23. The average Bonchev–Trinajstić information content (AvgIpc) is 2.92. The van der Waals surface area contributed by atoms with Crippen molar-refractivity contribution in [3.05, 3.63) is 72.2 Å². The number of aliphatic hydroxyl groups excluding tert-OH is 1. The molecule has 2 atom stereocenters. The van der Waals surface area contributed by atoms with Gasteiger partial charge >= 0.3 is 0 Å². The predicted molar refractivity (Wildman–Crippen MR) is 93.7 cm³/mol. The van der Waals surface area contributed by atoms with Crippen LogP contribution >= 0.6 is 12.4 Å². The van der Waals surface area contributed by atoms with Crippen LogP contribution in [0.3, 0.4) is 0 Å². The Morgan fingerprint density at radius 1 is 1.13 bits per heavy atom. The van der Waals surface area contributed by atoms with E-state index >= 15 is 0 Å². The Hall–Kier alpha value is -1.88. The summed E-state index contributed by atoms with van der Waals surface area (Å²) in [5, 5.41) is 14.4. The van der Waals surface area contributed by atoms with Crippen LogP contribution in [0.5, 0.6) is 0 Å². The van der Waals surface area contributed by atoms with Gasteiger partial charge in [-0.3, -0.25) is 0 Å². The molecule has 0 spiro atoms. The zero-order chi connectivity index (χ0) is 15.5. The maximum atomic E-state index is 13.4. The average molecular weight is 335 g/mol. The van der Waals surface area contributed by atoms with E-state index in [1.165, 1.54) is 12.1 Å². The summed E-state index contributed by atoms with van der Waals surface area (Å²) in [6, 6.07) is 16.2. The van der Waals surface area contributed by atoms with Gasteiger partial charge in [0.05, 0.1) is 12.1 Å². The first-order valence-corrected chi connectivity index (χ1v) is 7.34. The van der Waals surface area contributed by atoms with Gasteiger partial charge in [-0.1, -0.05) is 30.3 Å². The summed E-state index contributed by atoms with van der Waals surface area (Å²) in [5.74, 6) is -0.253. The quantitative estimate of drug-likeness (QED) is 0.750. The van der Waals surface area contributed by atoms with E-state index in [9.17, 15) is 9.50 Å². The normalized spacial score (nSPS) is 13.5. The van der Waals surface area contributed by atoms with Crippen LogP contribution in [0.2, 0.25) is 0 Å². The van der Waals surface area contributed by atoms with Gasteiger partial charge in [0.2, 0.25) is 0 Å². The van der Waals surface area contributed by atoms with Crippen molar-refractivity contribution < 1.29 is 9.50 Å². The van der Waals surface area contributed by atoms with E-state index in [4.69, 9.17) is 0 Å². The molecular weight excluding hydrogens is 315 g/mol. The zero-order valence-electron chi connectivity index (χ0n) is 12.8. The molecule has 3 rings (SSSR count). The lowest BCUT2D eigenvalue weighted by Crippen LogP contribution is -2.33. The molecule has 3 nitrogen and oxygen atoms in total. The lowest BCUT2D eigenvalue weighted by molar-refractivity contribution is 0.132. The van der Waals surface area contributed by atoms with Gasteiger partial charge in [0.25, 0.3) is 0 Å². The number of rotatable bonds is 5. The van der Waals surface area contributed by atoms with Crippen molar-refractivity contribution in [2.45, 2.75) is 12.1 Å². The van der Waals surface area contributed by atoms with Gasteiger partial charge in [-0.2, -0.15) is 0 Å². The molecule has 2 aromatic carbocycles. The van der Waals surface area contributed by atoms with Gasteiger partial charge in [0.1, 0.15) is 5.82 Å². The van der Waals surface area contributed by atoms with E-state index in [2.05, 4.69) is 5.32 Å². The molecule has 0 fully saturated rings. The molecule has 1 heterocycles. The summed E-state index contributed by atoms with van der Waals surface area (Å²) >= 11 is 0. The Kier molecular flexibility index (Phi) is 5.77. The Balaban J connectivity index is 0.00000192. The van der Waals surface area contributed by atoms with Gasteiger partial charge in [0, 0.05) is 23.6 Å². The highest BCUT2D eigenvalue weighted by atomic mass is 35.5. The first-order valence-electron chi connectivity index (χ1n) is 7.34. The lowest BCUT2D eigenvalue weighted by atomic mass is 10.0. The first-order chi connectivity index (χ1) is 10.7. The first kappa shape index (κ1) is 17.5. The summed E-state index contributed by atoms with van der Waals surface area (Å²) in [6.45, 7) is 0.473. The molecule has 0 aliphatic heterocycles. The van der Waals surface area contributed by atoms with Crippen LogP contribution in [0.1, 0.15) is 11.6 Å². The van der Waals surface area contributed by atoms with Crippen LogP contribution in [0.15, 0.2) is 60.8 Å². The molecule has 0 aliphatic carbocycles. The summed E-state index contributed by atoms with van der Waals surface area (Å²) in [7, 11) is 1.81. The van der Waals surface area contributed by atoms with Crippen LogP contribution in [0, 0.1) is 5.82 Å². The maximum absolute atomic E-state index is 13.4. The molecule has 0 radical (unpaired) electrons. The number of fused-ring (bicyclic) bond motifs is 1. The van der Waals surface area contributed by atoms with E-state index in [0.29, 0.717) is 6.54 Å². The second-order valence-corrected chi connectivity index (χ2v) is 5.41. The van der Waals surface area contributed by atoms with Crippen LogP contribution in [0.4, 0.5) is 4.39 Å². The van der Waals surface area contributed by atoms with Crippen molar-refractivity contribution >= 4 is 23.3 Å². The van der Waals surface area contributed by atoms with E-state index in [0.717, 1.165) is 16.5 Å². The van der Waals surface area contributed by atoms with Crippen LogP contribution < -0.4 is 5.32 Å². The molecule has 0 bridgehead atoms. The van der Waals surface area contributed by atoms with Crippen molar-refractivity contribution in [1.82, 2.24) is 9.88 Å². The van der Waals surface area contributed by atoms with Gasteiger partial charge in [-0.05, 0) is 36.9 Å². The number of aliphatic hydroxyl groups is 1. The fourth-order valence-corrected chi connectivity index (χ4v) is 2.92. The number of benzene rings is 2. The molecule has 23 heavy (non-hydrogen) atoms. The monoisotopic (exact) mass is 334 g/mol. The largest absolute Gasteiger partial charge is 0.389 e. The Morgan fingerprint density at radius 2 is 1.87 bits per heavy atom. The second-order valence-electron chi connectivity index (χ2n) is 5.41. The molecule has 2 N–H and O–H groups in total. The minimum absolute atomic E-state index is 0. The molecule has 0 amide bonds. The number of nitrogens with one attached hydrogen (secondary N) is 1. The molecule has 1 aromatic heterocycles. The topological polar surface area (TPSA) is 37.2 Å². The van der Waals surface area contributed by atoms with Crippen molar-refractivity contribution in [1.29, 1.82) is 0 Å². The standard InChI is InChI=1S/C18H19FN2O.ClH/c1-20-12-17(22)18(13-5-3-2-4-6-13)21-10-9-14-11-15(19)7-8-16(14)21;/h2-11,17-18,20,22H,12H2,1H3;1H. The fourth-order valence-electron chi connectivity index (χ4n) is 2.92. The maximum Gasteiger partial charge on any atom is 0.123 e. The third-order valence-electron chi connectivity index (χ3n) is 3.90. The number of nitrogens with zero attached hydrogens (tertiary/aromatic N) is 1. The third kappa shape index (κ3) is 3.55. The smallest absolute Gasteiger partial charge is 0.123 e. The van der Waals surface area contributed by atoms with Crippen molar-refractivity contribution in [2.75, 3.05) is 13.6 Å². The fraction of sp³-hybridized carbons (Fsp3) is 0.222. The van der Waals surface area contributed by atoms with Crippen molar-refractivity contribution in [3.8, 4) is 0 Å². The summed E-state index contributed by atoms with van der Waals surface area (Å²) in [5.41, 5.74) is 1.93. The van der Waals surface area contributed by atoms with E-state index in [1.807, 2.05) is 54.2 Å². The lowest BCUT2D eigenvalue weighted by Gasteiger charge is -2.26. The Labute approximate surface area is 141 Å². The molecule has 122 valence electrons. The molecule has 3 aromatic rings. The summed E-state index contributed by atoms with van der Waals surface area (Å²) < 4.78 is 15.4. The minimum atomic E-state index is -0.590. The van der Waals surface area contributed by atoms with E-state index < -0.39 is 6.10 Å². The minimum Gasteiger partial charge on any atom is -0.389 e. The molecule has 0 saturated carbocycles. The Morgan fingerprint density at radius 3 is 2.57 bits per heavy atom. The van der Waals surface area contributed by atoms with Crippen molar-refractivity contribution in [2.24, 2.45) is 0 Å². The van der Waals surface area contributed by atoms with Crippen molar-refractivity contribution in [3.63, 3.8) is 0 Å². The second kappa shape index (κ2) is 7.59. The Bertz CT molecular complexity index is 760. The number of hydrogen-bond acceptors (Lipinski definition) is 2. The third-order valence-corrected chi connectivity index (χ3v) is 3.90. The van der Waals surface area contributed by atoms with Crippen LogP contribution in [0.25, 0.3) is 10.9 Å². The molecular formula is C18H20ClFN2O. The van der Waals surface area contributed by atoms with Gasteiger partial charge in [-0.25, -0.2) is 4.39 Å². The summed E-state index contributed by atoms with van der Waals surface area (Å²) in [6.07, 6.45) is 1.31.